The van der Waals surface area contributed by atoms with Crippen LogP contribution in [-0.2, 0) is 25.7 Å². The quantitative estimate of drug-likeness (QED) is 0.334. The Bertz CT molecular complexity index is 1190. The molecule has 9 heteroatoms. The largest absolute Gasteiger partial charge is 0.484 e. The molecular formula is C26H24N2O6S. The van der Waals surface area contributed by atoms with Crippen molar-refractivity contribution in [1.29, 1.82) is 0 Å². The number of hydrogen-bond donors (Lipinski definition) is 0. The van der Waals surface area contributed by atoms with E-state index in [0.29, 0.717) is 17.0 Å². The molecule has 4 rings (SSSR count). The minimum atomic E-state index is -0.957. The van der Waals surface area contributed by atoms with Crippen LogP contribution >= 0.6 is 11.3 Å². The maximum atomic E-state index is 13.4. The van der Waals surface area contributed by atoms with Gasteiger partial charge in [-0.05, 0) is 54.8 Å². The van der Waals surface area contributed by atoms with Crippen LogP contribution in [0.3, 0.4) is 0 Å². The Hall–Kier alpha value is -3.98. The maximum Gasteiger partial charge on any atom is 0.338 e. The number of carbonyl (C=O) groups excluding carboxylic acids is 4. The van der Waals surface area contributed by atoms with Crippen LogP contribution in [0, 0.1) is 0 Å². The number of para-hydroxylation sites is 1. The van der Waals surface area contributed by atoms with E-state index < -0.39 is 29.7 Å². The number of hydrogen-bond acceptors (Lipinski definition) is 7. The summed E-state index contributed by atoms with van der Waals surface area (Å²) in [7, 11) is 0. The number of thiophene rings is 1. The molecule has 2 aromatic carbocycles. The van der Waals surface area contributed by atoms with Gasteiger partial charge >= 0.3 is 5.97 Å². The highest BCUT2D eigenvalue weighted by Crippen LogP contribution is 2.28. The first-order valence-electron chi connectivity index (χ1n) is 11.1. The van der Waals surface area contributed by atoms with Gasteiger partial charge in [0.15, 0.2) is 6.61 Å². The number of anilines is 1. The van der Waals surface area contributed by atoms with Gasteiger partial charge < -0.3 is 14.4 Å². The lowest BCUT2D eigenvalue weighted by Gasteiger charge is -2.27. The van der Waals surface area contributed by atoms with Crippen LogP contribution in [0.4, 0.5) is 5.69 Å². The Labute approximate surface area is 206 Å². The Morgan fingerprint density at radius 3 is 2.43 bits per heavy atom. The molecule has 1 aliphatic rings. The standard InChI is InChI=1S/C26H24N2O6S/c1-2-33-26(32)18-10-12-19(13-11-18)28-23(29)15-22(25(28)31)27(16-21-9-6-14-35-21)24(30)17-34-20-7-4-3-5-8-20/h3-14,22H,2,15-17H2,1H3. The van der Waals surface area contributed by atoms with E-state index in [1.165, 1.54) is 40.5 Å². The summed E-state index contributed by atoms with van der Waals surface area (Å²) in [6.07, 6.45) is -0.138. The molecule has 180 valence electrons. The van der Waals surface area contributed by atoms with Crippen LogP contribution in [0.2, 0.25) is 0 Å². The van der Waals surface area contributed by atoms with Gasteiger partial charge in [-0.15, -0.1) is 11.3 Å². The van der Waals surface area contributed by atoms with E-state index in [2.05, 4.69) is 0 Å². The number of imide groups is 1. The molecule has 8 nitrogen and oxygen atoms in total. The number of carbonyl (C=O) groups is 4. The van der Waals surface area contributed by atoms with Gasteiger partial charge in [-0.25, -0.2) is 9.69 Å². The zero-order chi connectivity index (χ0) is 24.8. The highest BCUT2D eigenvalue weighted by molar-refractivity contribution is 7.09. The fraction of sp³-hybridized carbons (Fsp3) is 0.231. The summed E-state index contributed by atoms with van der Waals surface area (Å²) in [6, 6.07) is 17.7. The third kappa shape index (κ3) is 5.58. The molecule has 3 aromatic rings. The van der Waals surface area contributed by atoms with Gasteiger partial charge in [-0.2, -0.15) is 0 Å². The normalized spacial score (nSPS) is 15.2. The smallest absolute Gasteiger partial charge is 0.338 e. The predicted octanol–water partition coefficient (Wildman–Crippen LogP) is 3.66. The summed E-state index contributed by atoms with van der Waals surface area (Å²) < 4.78 is 10.6. The van der Waals surface area contributed by atoms with Gasteiger partial charge in [-0.1, -0.05) is 24.3 Å². The Balaban J connectivity index is 1.53. The molecule has 0 N–H and O–H groups in total. The summed E-state index contributed by atoms with van der Waals surface area (Å²) in [4.78, 5) is 54.7. The highest BCUT2D eigenvalue weighted by atomic mass is 32.1. The molecule has 2 heterocycles. The predicted molar refractivity (Wildman–Crippen MR) is 130 cm³/mol. The number of amides is 3. The van der Waals surface area contributed by atoms with E-state index in [1.54, 1.807) is 31.2 Å². The van der Waals surface area contributed by atoms with Crippen LogP contribution in [0.5, 0.6) is 5.75 Å². The van der Waals surface area contributed by atoms with Crippen molar-refractivity contribution in [2.24, 2.45) is 0 Å². The lowest BCUT2D eigenvalue weighted by atomic mass is 10.2. The lowest BCUT2D eigenvalue weighted by Crippen LogP contribution is -2.46. The van der Waals surface area contributed by atoms with Crippen molar-refractivity contribution in [2.75, 3.05) is 18.1 Å². The molecule has 0 radical (unpaired) electrons. The summed E-state index contributed by atoms with van der Waals surface area (Å²) in [5.74, 6) is -1.26. The number of benzene rings is 2. The van der Waals surface area contributed by atoms with Gasteiger partial charge in [0.05, 0.1) is 30.8 Å². The first-order valence-corrected chi connectivity index (χ1v) is 12.0. The topological polar surface area (TPSA) is 93.2 Å². The number of esters is 1. The van der Waals surface area contributed by atoms with Crippen molar-refractivity contribution < 1.29 is 28.7 Å². The molecule has 0 aliphatic carbocycles. The van der Waals surface area contributed by atoms with Crippen LogP contribution in [-0.4, -0.2) is 47.8 Å². The van der Waals surface area contributed by atoms with Gasteiger partial charge in [-0.3, -0.25) is 14.4 Å². The average Bonchev–Trinajstić information content (AvgIpc) is 3.49. The van der Waals surface area contributed by atoms with E-state index in [0.717, 1.165) is 9.78 Å². The van der Waals surface area contributed by atoms with Crippen molar-refractivity contribution >= 4 is 40.7 Å². The SMILES string of the molecule is CCOC(=O)c1ccc(N2C(=O)CC(N(Cc3cccs3)C(=O)COc3ccccc3)C2=O)cc1. The first-order chi connectivity index (χ1) is 17.0. The summed E-state index contributed by atoms with van der Waals surface area (Å²) in [5.41, 5.74) is 0.651. The zero-order valence-electron chi connectivity index (χ0n) is 19.1. The van der Waals surface area contributed by atoms with E-state index >= 15 is 0 Å². The highest BCUT2D eigenvalue weighted by Gasteiger charge is 2.44. The van der Waals surface area contributed by atoms with Crippen LogP contribution in [0.25, 0.3) is 0 Å². The van der Waals surface area contributed by atoms with E-state index in [1.807, 2.05) is 23.6 Å². The first kappa shape index (κ1) is 24.2. The molecule has 1 atom stereocenters. The zero-order valence-corrected chi connectivity index (χ0v) is 19.9. The fourth-order valence-corrected chi connectivity index (χ4v) is 4.48. The summed E-state index contributed by atoms with van der Waals surface area (Å²) in [5, 5.41) is 1.89. The molecule has 0 spiro atoms. The second-order valence-electron chi connectivity index (χ2n) is 7.76. The van der Waals surface area contributed by atoms with Gasteiger partial charge in [0, 0.05) is 4.88 Å². The molecule has 1 unspecified atom stereocenters. The average molecular weight is 493 g/mol. The molecule has 1 aromatic heterocycles. The maximum absolute atomic E-state index is 13.4. The summed E-state index contributed by atoms with van der Waals surface area (Å²) >= 11 is 1.46. The molecule has 35 heavy (non-hydrogen) atoms. The third-order valence-electron chi connectivity index (χ3n) is 5.47. The van der Waals surface area contributed by atoms with Crippen LogP contribution < -0.4 is 9.64 Å². The molecule has 1 aliphatic heterocycles. The number of ether oxygens (including phenoxy) is 2. The van der Waals surface area contributed by atoms with E-state index in [-0.39, 0.29) is 26.2 Å². The molecule has 3 amide bonds. The van der Waals surface area contributed by atoms with Gasteiger partial charge in [0.25, 0.3) is 11.8 Å². The van der Waals surface area contributed by atoms with Crippen molar-refractivity contribution in [2.45, 2.75) is 25.9 Å². The number of rotatable bonds is 9. The van der Waals surface area contributed by atoms with Crippen molar-refractivity contribution in [3.05, 3.63) is 82.6 Å². The summed E-state index contributed by atoms with van der Waals surface area (Å²) in [6.45, 7) is 1.88. The van der Waals surface area contributed by atoms with E-state index in [9.17, 15) is 19.2 Å². The minimum absolute atomic E-state index is 0.138. The Morgan fingerprint density at radius 2 is 1.77 bits per heavy atom. The van der Waals surface area contributed by atoms with Gasteiger partial charge in [0.1, 0.15) is 11.8 Å². The molecule has 1 saturated heterocycles. The molecule has 0 saturated carbocycles. The second-order valence-corrected chi connectivity index (χ2v) is 8.79. The second kappa shape index (κ2) is 11.0. The number of nitrogens with zero attached hydrogens (tertiary/aromatic N) is 2. The van der Waals surface area contributed by atoms with Crippen molar-refractivity contribution in [1.82, 2.24) is 4.90 Å². The van der Waals surface area contributed by atoms with Crippen LogP contribution in [0.1, 0.15) is 28.6 Å². The van der Waals surface area contributed by atoms with E-state index in [4.69, 9.17) is 9.47 Å². The Morgan fingerprint density at radius 1 is 1.03 bits per heavy atom. The van der Waals surface area contributed by atoms with Gasteiger partial charge in [0.2, 0.25) is 5.91 Å². The molecule has 0 bridgehead atoms. The molecule has 1 fully saturated rings. The molecular weight excluding hydrogens is 468 g/mol. The van der Waals surface area contributed by atoms with Crippen LogP contribution in [0.15, 0.2) is 72.1 Å². The third-order valence-corrected chi connectivity index (χ3v) is 6.33. The van der Waals surface area contributed by atoms with Crippen molar-refractivity contribution in [3.8, 4) is 5.75 Å². The van der Waals surface area contributed by atoms with Crippen molar-refractivity contribution in [3.63, 3.8) is 0 Å². The minimum Gasteiger partial charge on any atom is -0.484 e. The fourth-order valence-electron chi connectivity index (χ4n) is 3.78. The lowest BCUT2D eigenvalue weighted by molar-refractivity contribution is -0.140. The monoisotopic (exact) mass is 492 g/mol. The Kier molecular flexibility index (Phi) is 7.57.